The predicted octanol–water partition coefficient (Wildman–Crippen LogP) is 12.2. The van der Waals surface area contributed by atoms with Crippen LogP contribution in [0, 0.1) is 59.2 Å². The SMILES string of the molecule is CCCCC1CCC(C2CCC(CCC(=O)CCC3CCC(C4CCC(CCCC)CC4C)CC3)CC2)C(C)C1. The first-order valence-electron chi connectivity index (χ1n) is 19.0. The number of carbonyl (C=O) groups is 1. The van der Waals surface area contributed by atoms with Crippen molar-refractivity contribution in [3.05, 3.63) is 0 Å². The Bertz CT molecular complexity index is 638. The molecule has 0 spiro atoms. The summed E-state index contributed by atoms with van der Waals surface area (Å²) in [7, 11) is 0. The van der Waals surface area contributed by atoms with Crippen molar-refractivity contribution in [1.29, 1.82) is 0 Å². The number of hydrogen-bond acceptors (Lipinski definition) is 1. The molecule has 0 amide bonds. The zero-order valence-corrected chi connectivity index (χ0v) is 27.7. The highest BCUT2D eigenvalue weighted by Gasteiger charge is 2.36. The lowest BCUT2D eigenvalue weighted by atomic mass is 9.64. The van der Waals surface area contributed by atoms with Crippen molar-refractivity contribution < 1.29 is 4.79 Å². The third-order valence-corrected chi connectivity index (χ3v) is 13.3. The average Bonchev–Trinajstić information content (AvgIpc) is 2.97. The molecule has 0 bridgehead atoms. The Morgan fingerprint density at radius 1 is 0.500 bits per heavy atom. The van der Waals surface area contributed by atoms with Crippen LogP contribution in [0.2, 0.25) is 0 Å². The van der Waals surface area contributed by atoms with Crippen LogP contribution in [0.5, 0.6) is 0 Å². The topological polar surface area (TPSA) is 17.1 Å². The van der Waals surface area contributed by atoms with Gasteiger partial charge in [0, 0.05) is 12.8 Å². The Hall–Kier alpha value is -0.330. The third-order valence-electron chi connectivity index (χ3n) is 13.3. The van der Waals surface area contributed by atoms with Crippen LogP contribution < -0.4 is 0 Å². The molecule has 6 atom stereocenters. The first-order valence-corrected chi connectivity index (χ1v) is 19.0. The maximum absolute atomic E-state index is 12.8. The number of hydrogen-bond donors (Lipinski definition) is 0. The molecular formula is C39H70O. The second-order valence-electron chi connectivity index (χ2n) is 16.1. The fraction of sp³-hybridized carbons (Fsp3) is 0.974. The molecule has 232 valence electrons. The van der Waals surface area contributed by atoms with Crippen molar-refractivity contribution in [3.63, 3.8) is 0 Å². The third kappa shape index (κ3) is 9.86. The van der Waals surface area contributed by atoms with Gasteiger partial charge in [0.15, 0.2) is 0 Å². The normalized spacial score (nSPS) is 39.2. The summed E-state index contributed by atoms with van der Waals surface area (Å²) in [6.45, 7) is 9.82. The van der Waals surface area contributed by atoms with E-state index in [-0.39, 0.29) is 0 Å². The van der Waals surface area contributed by atoms with E-state index in [0.29, 0.717) is 5.78 Å². The molecule has 4 saturated carbocycles. The largest absolute Gasteiger partial charge is 0.300 e. The second kappa shape index (κ2) is 17.1. The van der Waals surface area contributed by atoms with Gasteiger partial charge in [-0.25, -0.2) is 0 Å². The van der Waals surface area contributed by atoms with E-state index in [0.717, 1.165) is 72.0 Å². The first-order chi connectivity index (χ1) is 19.5. The number of Topliss-reactive ketones (excluding diaryl/α,β-unsaturated/α-hetero) is 1. The Morgan fingerprint density at radius 3 is 1.23 bits per heavy atom. The van der Waals surface area contributed by atoms with Gasteiger partial charge in [-0.05, 0) is 123 Å². The van der Waals surface area contributed by atoms with E-state index in [2.05, 4.69) is 27.7 Å². The zero-order valence-electron chi connectivity index (χ0n) is 27.7. The van der Waals surface area contributed by atoms with E-state index in [9.17, 15) is 4.79 Å². The summed E-state index contributed by atoms with van der Waals surface area (Å²) >= 11 is 0. The quantitative estimate of drug-likeness (QED) is 0.209. The summed E-state index contributed by atoms with van der Waals surface area (Å²) in [6.07, 6.45) is 33.2. The van der Waals surface area contributed by atoms with Gasteiger partial charge in [-0.3, -0.25) is 4.79 Å². The maximum atomic E-state index is 12.8. The van der Waals surface area contributed by atoms with Gasteiger partial charge in [0.05, 0.1) is 0 Å². The van der Waals surface area contributed by atoms with Gasteiger partial charge in [-0.1, -0.05) is 105 Å². The Labute approximate surface area is 251 Å². The van der Waals surface area contributed by atoms with Crippen LogP contribution in [0.4, 0.5) is 0 Å². The molecular weight excluding hydrogens is 484 g/mol. The highest BCUT2D eigenvalue weighted by atomic mass is 16.1. The number of unbranched alkanes of at least 4 members (excludes halogenated alkanes) is 2. The average molecular weight is 555 g/mol. The van der Waals surface area contributed by atoms with Crippen molar-refractivity contribution in [3.8, 4) is 0 Å². The Balaban J connectivity index is 1.05. The van der Waals surface area contributed by atoms with Crippen molar-refractivity contribution in [1.82, 2.24) is 0 Å². The summed E-state index contributed by atoms with van der Waals surface area (Å²) < 4.78 is 0. The molecule has 6 unspecified atom stereocenters. The van der Waals surface area contributed by atoms with E-state index in [1.807, 2.05) is 0 Å². The minimum Gasteiger partial charge on any atom is -0.300 e. The number of rotatable bonds is 14. The molecule has 4 rings (SSSR count). The predicted molar refractivity (Wildman–Crippen MR) is 173 cm³/mol. The van der Waals surface area contributed by atoms with Gasteiger partial charge in [0.1, 0.15) is 5.78 Å². The fourth-order valence-corrected chi connectivity index (χ4v) is 10.6. The Morgan fingerprint density at radius 2 is 0.875 bits per heavy atom. The molecule has 1 heteroatoms. The molecule has 4 fully saturated rings. The summed E-state index contributed by atoms with van der Waals surface area (Å²) in [4.78, 5) is 12.8. The molecule has 0 N–H and O–H groups in total. The van der Waals surface area contributed by atoms with Crippen LogP contribution in [0.25, 0.3) is 0 Å². The number of ketones is 1. The molecule has 4 aliphatic carbocycles. The number of carbonyl (C=O) groups excluding carboxylic acids is 1. The molecule has 0 aliphatic heterocycles. The highest BCUT2D eigenvalue weighted by Crippen LogP contribution is 2.47. The van der Waals surface area contributed by atoms with E-state index in [1.165, 1.54) is 141 Å². The van der Waals surface area contributed by atoms with Gasteiger partial charge in [-0.15, -0.1) is 0 Å². The minimum atomic E-state index is 0.585. The van der Waals surface area contributed by atoms with E-state index in [1.54, 1.807) is 0 Å². The van der Waals surface area contributed by atoms with Gasteiger partial charge in [0.25, 0.3) is 0 Å². The molecule has 4 aliphatic rings. The van der Waals surface area contributed by atoms with Crippen molar-refractivity contribution in [2.24, 2.45) is 59.2 Å². The lowest BCUT2D eigenvalue weighted by molar-refractivity contribution is -0.119. The van der Waals surface area contributed by atoms with Crippen molar-refractivity contribution in [2.75, 3.05) is 0 Å². The second-order valence-corrected chi connectivity index (χ2v) is 16.1. The lowest BCUT2D eigenvalue weighted by Gasteiger charge is -2.42. The summed E-state index contributed by atoms with van der Waals surface area (Å²) in [5.74, 6) is 10.2. The van der Waals surface area contributed by atoms with Crippen LogP contribution in [0.3, 0.4) is 0 Å². The molecule has 0 radical (unpaired) electrons. The lowest BCUT2D eigenvalue weighted by Crippen LogP contribution is -2.31. The maximum Gasteiger partial charge on any atom is 0.132 e. The van der Waals surface area contributed by atoms with Gasteiger partial charge in [0.2, 0.25) is 0 Å². The molecule has 40 heavy (non-hydrogen) atoms. The van der Waals surface area contributed by atoms with Crippen LogP contribution in [0.15, 0.2) is 0 Å². The summed E-state index contributed by atoms with van der Waals surface area (Å²) in [5.41, 5.74) is 0. The van der Waals surface area contributed by atoms with Crippen molar-refractivity contribution in [2.45, 2.75) is 182 Å². The molecule has 0 saturated heterocycles. The molecule has 1 nitrogen and oxygen atoms in total. The molecule has 0 heterocycles. The molecule has 0 aromatic rings. The zero-order chi connectivity index (χ0) is 28.3. The van der Waals surface area contributed by atoms with Gasteiger partial charge >= 0.3 is 0 Å². The molecule has 0 aromatic carbocycles. The van der Waals surface area contributed by atoms with Crippen LogP contribution >= 0.6 is 0 Å². The van der Waals surface area contributed by atoms with Crippen molar-refractivity contribution >= 4 is 5.78 Å². The molecule has 0 aromatic heterocycles. The first kappa shape index (κ1) is 32.6. The van der Waals surface area contributed by atoms with Gasteiger partial charge < -0.3 is 0 Å². The highest BCUT2D eigenvalue weighted by molar-refractivity contribution is 5.78. The smallest absolute Gasteiger partial charge is 0.132 e. The summed E-state index contributed by atoms with van der Waals surface area (Å²) in [6, 6.07) is 0. The Kier molecular flexibility index (Phi) is 13.9. The van der Waals surface area contributed by atoms with E-state index in [4.69, 9.17) is 0 Å². The van der Waals surface area contributed by atoms with Crippen LogP contribution in [-0.2, 0) is 4.79 Å². The summed E-state index contributed by atoms with van der Waals surface area (Å²) in [5, 5.41) is 0. The van der Waals surface area contributed by atoms with E-state index < -0.39 is 0 Å². The fourth-order valence-electron chi connectivity index (χ4n) is 10.6. The standard InChI is InChI=1S/C39H70O/c1-5-7-9-33-17-25-38(29(3)27-33)35-19-11-31(12-20-35)15-23-37(40)24-16-32-13-21-36(22-14-32)39-26-18-34(10-8-6-2)28-30(39)4/h29-36,38-39H,5-28H2,1-4H3. The van der Waals surface area contributed by atoms with Crippen LogP contribution in [-0.4, -0.2) is 5.78 Å². The monoisotopic (exact) mass is 555 g/mol. The minimum absolute atomic E-state index is 0.585. The van der Waals surface area contributed by atoms with E-state index >= 15 is 0 Å². The van der Waals surface area contributed by atoms with Gasteiger partial charge in [-0.2, -0.15) is 0 Å². The van der Waals surface area contributed by atoms with Crippen LogP contribution in [0.1, 0.15) is 182 Å².